The molecule has 1 amide bonds. The highest BCUT2D eigenvalue weighted by Gasteiger charge is 2.35. The number of hydrogen-bond acceptors (Lipinski definition) is 3. The summed E-state index contributed by atoms with van der Waals surface area (Å²) in [6.07, 6.45) is -0.0490. The Bertz CT molecular complexity index is 525. The number of carboxylic acids is 2. The summed E-state index contributed by atoms with van der Waals surface area (Å²) in [5.74, 6) is -3.13. The van der Waals surface area contributed by atoms with Crippen LogP contribution < -0.4 is 4.90 Å². The van der Waals surface area contributed by atoms with E-state index in [0.717, 1.165) is 0 Å². The Labute approximate surface area is 102 Å². The molecule has 1 aromatic carbocycles. The smallest absolute Gasteiger partial charge is 0.335 e. The van der Waals surface area contributed by atoms with Crippen LogP contribution in [0.25, 0.3) is 0 Å². The zero-order valence-corrected chi connectivity index (χ0v) is 9.37. The molecular formula is C12H11NO5. The second-order valence-electron chi connectivity index (χ2n) is 4.10. The molecule has 0 aromatic heterocycles. The van der Waals surface area contributed by atoms with Crippen LogP contribution in [-0.4, -0.2) is 34.6 Å². The van der Waals surface area contributed by atoms with Crippen LogP contribution in [0.5, 0.6) is 0 Å². The second-order valence-corrected chi connectivity index (χ2v) is 4.10. The fraction of sp³-hybridized carbons (Fsp3) is 0.250. The number of carbonyl (C=O) groups excluding carboxylic acids is 1. The van der Waals surface area contributed by atoms with E-state index in [-0.39, 0.29) is 24.4 Å². The van der Waals surface area contributed by atoms with Crippen molar-refractivity contribution in [2.24, 2.45) is 5.92 Å². The summed E-state index contributed by atoms with van der Waals surface area (Å²) in [4.78, 5) is 34.6. The highest BCUT2D eigenvalue weighted by Crippen LogP contribution is 2.25. The molecule has 1 fully saturated rings. The Balaban J connectivity index is 2.27. The first kappa shape index (κ1) is 12.1. The lowest BCUT2D eigenvalue weighted by Gasteiger charge is -2.16. The molecule has 6 nitrogen and oxygen atoms in total. The molecule has 0 spiro atoms. The van der Waals surface area contributed by atoms with E-state index >= 15 is 0 Å². The van der Waals surface area contributed by atoms with E-state index in [9.17, 15) is 14.4 Å². The van der Waals surface area contributed by atoms with Gasteiger partial charge in [-0.25, -0.2) is 4.79 Å². The quantitative estimate of drug-likeness (QED) is 0.827. The van der Waals surface area contributed by atoms with Gasteiger partial charge in [-0.3, -0.25) is 9.59 Å². The minimum atomic E-state index is -1.08. The van der Waals surface area contributed by atoms with E-state index in [0.29, 0.717) is 5.69 Å². The topological polar surface area (TPSA) is 94.9 Å². The van der Waals surface area contributed by atoms with Crippen molar-refractivity contribution < 1.29 is 24.6 Å². The summed E-state index contributed by atoms with van der Waals surface area (Å²) in [7, 11) is 0. The summed E-state index contributed by atoms with van der Waals surface area (Å²) < 4.78 is 0. The lowest BCUT2D eigenvalue weighted by Crippen LogP contribution is -2.25. The summed E-state index contributed by atoms with van der Waals surface area (Å²) in [6, 6.07) is 5.90. The Morgan fingerprint density at radius 3 is 2.56 bits per heavy atom. The van der Waals surface area contributed by atoms with Crippen LogP contribution in [0.4, 0.5) is 5.69 Å². The van der Waals surface area contributed by atoms with Crippen molar-refractivity contribution in [1.29, 1.82) is 0 Å². The molecule has 0 radical (unpaired) electrons. The number of amides is 1. The van der Waals surface area contributed by atoms with Crippen molar-refractivity contribution in [3.05, 3.63) is 29.8 Å². The summed E-state index contributed by atoms with van der Waals surface area (Å²) in [5, 5.41) is 17.7. The lowest BCUT2D eigenvalue weighted by atomic mass is 10.1. The molecule has 6 heteroatoms. The van der Waals surface area contributed by atoms with E-state index in [1.54, 1.807) is 6.07 Å². The molecule has 18 heavy (non-hydrogen) atoms. The molecule has 1 aromatic rings. The van der Waals surface area contributed by atoms with Crippen LogP contribution in [0.2, 0.25) is 0 Å². The predicted octanol–water partition coefficient (Wildman–Crippen LogP) is 0.822. The van der Waals surface area contributed by atoms with Crippen LogP contribution in [0.3, 0.4) is 0 Å². The van der Waals surface area contributed by atoms with Gasteiger partial charge in [0.1, 0.15) is 0 Å². The van der Waals surface area contributed by atoms with Crippen molar-refractivity contribution in [1.82, 2.24) is 0 Å². The predicted molar refractivity (Wildman–Crippen MR) is 61.5 cm³/mol. The summed E-state index contributed by atoms with van der Waals surface area (Å²) in [6.45, 7) is 0.0806. The molecule has 1 aliphatic rings. The van der Waals surface area contributed by atoms with Crippen molar-refractivity contribution >= 4 is 23.5 Å². The molecule has 2 rings (SSSR count). The van der Waals surface area contributed by atoms with Gasteiger partial charge in [0.05, 0.1) is 11.5 Å². The fourth-order valence-electron chi connectivity index (χ4n) is 1.93. The first-order valence-electron chi connectivity index (χ1n) is 5.35. The molecule has 94 valence electrons. The van der Waals surface area contributed by atoms with Gasteiger partial charge in [0.15, 0.2) is 0 Å². The van der Waals surface area contributed by atoms with Gasteiger partial charge in [-0.1, -0.05) is 6.07 Å². The van der Waals surface area contributed by atoms with Gasteiger partial charge in [-0.15, -0.1) is 0 Å². The number of nitrogens with zero attached hydrogens (tertiary/aromatic N) is 1. The maximum Gasteiger partial charge on any atom is 0.335 e. The zero-order valence-electron chi connectivity index (χ0n) is 9.37. The largest absolute Gasteiger partial charge is 0.481 e. The van der Waals surface area contributed by atoms with Gasteiger partial charge >= 0.3 is 11.9 Å². The molecule has 0 aliphatic carbocycles. The van der Waals surface area contributed by atoms with Crippen LogP contribution in [0.15, 0.2) is 24.3 Å². The highest BCUT2D eigenvalue weighted by molar-refractivity contribution is 6.00. The molecule has 1 aliphatic heterocycles. The third kappa shape index (κ3) is 2.17. The van der Waals surface area contributed by atoms with Crippen LogP contribution >= 0.6 is 0 Å². The molecule has 0 saturated carbocycles. The third-order valence-electron chi connectivity index (χ3n) is 2.88. The van der Waals surface area contributed by atoms with Gasteiger partial charge < -0.3 is 15.1 Å². The lowest BCUT2D eigenvalue weighted by molar-refractivity contribution is -0.141. The number of aliphatic carboxylic acids is 1. The normalized spacial score (nSPS) is 19.0. The molecule has 1 atom stereocenters. The molecule has 1 saturated heterocycles. The van der Waals surface area contributed by atoms with Gasteiger partial charge in [-0.2, -0.15) is 0 Å². The number of benzene rings is 1. The van der Waals surface area contributed by atoms with Crippen LogP contribution in [0.1, 0.15) is 16.8 Å². The van der Waals surface area contributed by atoms with Crippen molar-refractivity contribution in [2.75, 3.05) is 11.4 Å². The maximum absolute atomic E-state index is 11.7. The highest BCUT2D eigenvalue weighted by atomic mass is 16.4. The Hall–Kier alpha value is -2.37. The van der Waals surface area contributed by atoms with E-state index < -0.39 is 17.9 Å². The minimum Gasteiger partial charge on any atom is -0.481 e. The van der Waals surface area contributed by atoms with Gasteiger partial charge in [0.25, 0.3) is 0 Å². The van der Waals surface area contributed by atoms with Gasteiger partial charge in [0, 0.05) is 18.7 Å². The van der Waals surface area contributed by atoms with Crippen molar-refractivity contribution in [2.45, 2.75) is 6.42 Å². The van der Waals surface area contributed by atoms with Crippen molar-refractivity contribution in [3.63, 3.8) is 0 Å². The van der Waals surface area contributed by atoms with Crippen LogP contribution in [-0.2, 0) is 9.59 Å². The SMILES string of the molecule is O=C(O)c1cccc(N2C[C@@H](C(=O)O)CC2=O)c1. The molecule has 0 bridgehead atoms. The Kier molecular flexibility index (Phi) is 3.01. The summed E-state index contributed by atoms with van der Waals surface area (Å²) >= 11 is 0. The van der Waals surface area contributed by atoms with Crippen molar-refractivity contribution in [3.8, 4) is 0 Å². The zero-order chi connectivity index (χ0) is 13.3. The summed E-state index contributed by atoms with van der Waals surface area (Å²) in [5.41, 5.74) is 0.489. The number of anilines is 1. The maximum atomic E-state index is 11.7. The average molecular weight is 249 g/mol. The third-order valence-corrected chi connectivity index (χ3v) is 2.88. The standard InChI is InChI=1S/C12H11NO5/c14-10-5-8(12(17)18)6-13(10)9-3-1-2-7(4-9)11(15)16/h1-4,8H,5-6H2,(H,15,16)(H,17,18)/t8-/m0/s1. The van der Waals surface area contributed by atoms with Gasteiger partial charge in [0.2, 0.25) is 5.91 Å². The number of hydrogen-bond donors (Lipinski definition) is 2. The van der Waals surface area contributed by atoms with Crippen LogP contribution in [0, 0.1) is 5.92 Å². The molecule has 0 unspecified atom stereocenters. The Morgan fingerprint density at radius 1 is 1.28 bits per heavy atom. The molecular weight excluding hydrogens is 238 g/mol. The number of rotatable bonds is 3. The van der Waals surface area contributed by atoms with Gasteiger partial charge in [-0.05, 0) is 18.2 Å². The van der Waals surface area contributed by atoms with E-state index in [1.165, 1.54) is 23.1 Å². The molecule has 1 heterocycles. The minimum absolute atomic E-state index is 0.0490. The molecule has 2 N–H and O–H groups in total. The first-order chi connectivity index (χ1) is 8.49. The van der Waals surface area contributed by atoms with E-state index in [1.807, 2.05) is 0 Å². The number of aromatic carboxylic acids is 1. The first-order valence-corrected chi connectivity index (χ1v) is 5.35. The van der Waals surface area contributed by atoms with E-state index in [2.05, 4.69) is 0 Å². The number of carboxylic acid groups (broad SMARTS) is 2. The second kappa shape index (κ2) is 4.48. The average Bonchev–Trinajstić information content (AvgIpc) is 2.72. The van der Waals surface area contributed by atoms with E-state index in [4.69, 9.17) is 10.2 Å². The monoisotopic (exact) mass is 249 g/mol. The Morgan fingerprint density at radius 2 is 2.00 bits per heavy atom. The number of carbonyl (C=O) groups is 3. The fourth-order valence-corrected chi connectivity index (χ4v) is 1.93.